The Balaban J connectivity index is 0. The molecule has 0 aromatic heterocycles. The second-order valence-corrected chi connectivity index (χ2v) is 10.3. The van der Waals surface area contributed by atoms with Gasteiger partial charge in [0.1, 0.15) is 0 Å². The van der Waals surface area contributed by atoms with Gasteiger partial charge < -0.3 is 17.5 Å². The molecule has 0 unspecified atom stereocenters. The summed E-state index contributed by atoms with van der Waals surface area (Å²) in [6.45, 7) is 6.81. The Morgan fingerprint density at radius 2 is 1.15 bits per heavy atom. The third-order valence-electron chi connectivity index (χ3n) is 3.98. The van der Waals surface area contributed by atoms with Crippen molar-refractivity contribution in [1.82, 2.24) is 0 Å². The summed E-state index contributed by atoms with van der Waals surface area (Å²) in [6.07, 6.45) is 14.6. The van der Waals surface area contributed by atoms with Crippen LogP contribution in [-0.2, 0) is 4.79 Å². The van der Waals surface area contributed by atoms with E-state index in [0.717, 1.165) is 6.42 Å². The topological polar surface area (TPSA) is 37.3 Å². The zero-order valence-electron chi connectivity index (χ0n) is 13.7. The highest BCUT2D eigenvalue weighted by Crippen LogP contribution is 2.61. The van der Waals surface area contributed by atoms with Crippen LogP contribution < -0.4 is 12.4 Å². The van der Waals surface area contributed by atoms with Crippen LogP contribution in [0.4, 0.5) is 0 Å². The Kier molecular flexibility index (Phi) is 15.9. The Hall–Kier alpha value is 0.190. The summed E-state index contributed by atoms with van der Waals surface area (Å²) >= 11 is 0. The molecule has 0 aliphatic rings. The highest BCUT2D eigenvalue weighted by atomic mass is 35.5. The van der Waals surface area contributed by atoms with E-state index in [2.05, 4.69) is 20.8 Å². The minimum atomic E-state index is -0.865. The van der Waals surface area contributed by atoms with Crippen LogP contribution in [0, 0.1) is 0 Å². The van der Waals surface area contributed by atoms with E-state index in [4.69, 9.17) is 5.11 Å². The van der Waals surface area contributed by atoms with Gasteiger partial charge in [-0.3, -0.25) is 4.79 Å². The van der Waals surface area contributed by atoms with E-state index in [1.54, 1.807) is 0 Å². The van der Waals surface area contributed by atoms with E-state index < -0.39 is 13.2 Å². The first-order valence-electron chi connectivity index (χ1n) is 8.17. The van der Waals surface area contributed by atoms with Crippen LogP contribution >= 0.6 is 7.26 Å². The van der Waals surface area contributed by atoms with Crippen LogP contribution in [0.15, 0.2) is 0 Å². The van der Waals surface area contributed by atoms with E-state index in [0.29, 0.717) is 6.42 Å². The summed E-state index contributed by atoms with van der Waals surface area (Å²) in [5.41, 5.74) is 0. The number of halogens is 1. The quantitative estimate of drug-likeness (QED) is 0.528. The van der Waals surface area contributed by atoms with Gasteiger partial charge in [0.2, 0.25) is 0 Å². The molecular weight excluding hydrogens is 291 g/mol. The lowest BCUT2D eigenvalue weighted by Gasteiger charge is -2.28. The summed E-state index contributed by atoms with van der Waals surface area (Å²) in [7, 11) is -0.865. The van der Waals surface area contributed by atoms with Crippen molar-refractivity contribution in [3.05, 3.63) is 0 Å². The number of carbonyl (C=O) groups is 1. The van der Waals surface area contributed by atoms with Gasteiger partial charge in [-0.25, -0.2) is 0 Å². The monoisotopic (exact) mass is 324 g/mol. The second-order valence-electron chi connectivity index (χ2n) is 5.79. The number of carboxylic acid groups (broad SMARTS) is 1. The fourth-order valence-electron chi connectivity index (χ4n) is 2.72. The molecule has 0 saturated carbocycles. The van der Waals surface area contributed by atoms with Crippen LogP contribution in [0.5, 0.6) is 0 Å². The third-order valence-corrected chi connectivity index (χ3v) is 9.04. The van der Waals surface area contributed by atoms with E-state index in [1.807, 2.05) is 0 Å². The molecule has 0 saturated heterocycles. The molecule has 0 amide bonds. The van der Waals surface area contributed by atoms with Crippen molar-refractivity contribution in [2.24, 2.45) is 0 Å². The molecule has 0 aliphatic carbocycles. The van der Waals surface area contributed by atoms with Crippen molar-refractivity contribution in [3.8, 4) is 0 Å². The average Bonchev–Trinajstić information content (AvgIpc) is 2.39. The van der Waals surface area contributed by atoms with Crippen LogP contribution in [0.3, 0.4) is 0 Å². The summed E-state index contributed by atoms with van der Waals surface area (Å²) < 4.78 is 0. The Morgan fingerprint density at radius 3 is 1.45 bits per heavy atom. The molecule has 0 spiro atoms. The van der Waals surface area contributed by atoms with Crippen LogP contribution in [-0.4, -0.2) is 35.7 Å². The molecule has 0 aliphatic heterocycles. The van der Waals surface area contributed by atoms with Gasteiger partial charge in [-0.15, -0.1) is 0 Å². The highest BCUT2D eigenvalue weighted by molar-refractivity contribution is 7.75. The molecule has 0 bridgehead atoms. The van der Waals surface area contributed by atoms with Gasteiger partial charge in [-0.1, -0.05) is 40.0 Å². The zero-order chi connectivity index (χ0) is 14.6. The van der Waals surface area contributed by atoms with E-state index in [-0.39, 0.29) is 12.4 Å². The Bertz CT molecular complexity index is 213. The van der Waals surface area contributed by atoms with Gasteiger partial charge in [-0.2, -0.15) is 0 Å². The van der Waals surface area contributed by atoms with Gasteiger partial charge in [0.15, 0.2) is 0 Å². The van der Waals surface area contributed by atoms with Gasteiger partial charge >= 0.3 is 5.97 Å². The molecule has 2 nitrogen and oxygen atoms in total. The second kappa shape index (κ2) is 14.1. The number of carboxylic acids is 1. The molecule has 4 heteroatoms. The first kappa shape index (κ1) is 22.5. The predicted molar refractivity (Wildman–Crippen MR) is 88.0 cm³/mol. The van der Waals surface area contributed by atoms with Crippen molar-refractivity contribution in [2.45, 2.75) is 72.1 Å². The van der Waals surface area contributed by atoms with E-state index in [9.17, 15) is 4.79 Å². The lowest BCUT2D eigenvalue weighted by atomic mass is 10.3. The fourth-order valence-corrected chi connectivity index (χ4v) is 7.85. The predicted octanol–water partition coefficient (Wildman–Crippen LogP) is 2.27. The maximum atomic E-state index is 10.7. The van der Waals surface area contributed by atoms with Crippen LogP contribution in [0.25, 0.3) is 0 Å². The summed E-state index contributed by atoms with van der Waals surface area (Å²) in [5.74, 6) is -0.625. The fraction of sp³-hybridized carbons (Fsp3) is 0.938. The largest absolute Gasteiger partial charge is 1.00 e. The molecule has 0 heterocycles. The van der Waals surface area contributed by atoms with Crippen molar-refractivity contribution in [3.63, 3.8) is 0 Å². The van der Waals surface area contributed by atoms with Crippen molar-refractivity contribution in [2.75, 3.05) is 24.6 Å². The van der Waals surface area contributed by atoms with Crippen molar-refractivity contribution >= 4 is 13.2 Å². The molecule has 0 atom stereocenters. The summed E-state index contributed by atoms with van der Waals surface area (Å²) in [5, 5.41) is 8.85. The molecule has 0 aromatic rings. The molecule has 122 valence electrons. The molecule has 20 heavy (non-hydrogen) atoms. The normalized spacial score (nSPS) is 11.2. The molecule has 0 aromatic carbocycles. The first-order chi connectivity index (χ1) is 9.10. The van der Waals surface area contributed by atoms with Gasteiger partial charge in [0, 0.05) is 13.7 Å². The lowest BCUT2D eigenvalue weighted by molar-refractivity contribution is -0.137. The molecule has 0 rings (SSSR count). The zero-order valence-corrected chi connectivity index (χ0v) is 15.3. The number of unbranched alkanes of at least 4 members (excludes halogenated alkanes) is 3. The molecular formula is C16H34ClO2P. The lowest BCUT2D eigenvalue weighted by Crippen LogP contribution is -3.00. The van der Waals surface area contributed by atoms with Crippen LogP contribution in [0.2, 0.25) is 0 Å². The van der Waals surface area contributed by atoms with Gasteiger partial charge in [0.05, 0.1) is 24.6 Å². The SMILES string of the molecule is CCCC[P+](CCCC)(CCCC)CCCC(=O)O.[Cl-]. The van der Waals surface area contributed by atoms with Gasteiger partial charge in [0.25, 0.3) is 0 Å². The van der Waals surface area contributed by atoms with Crippen molar-refractivity contribution in [1.29, 1.82) is 0 Å². The van der Waals surface area contributed by atoms with Gasteiger partial charge in [-0.05, 0) is 25.7 Å². The molecule has 0 radical (unpaired) electrons. The minimum Gasteiger partial charge on any atom is -1.00 e. The summed E-state index contributed by atoms with van der Waals surface area (Å²) in [6, 6.07) is 0. The summed E-state index contributed by atoms with van der Waals surface area (Å²) in [4.78, 5) is 10.7. The maximum absolute atomic E-state index is 10.7. The van der Waals surface area contributed by atoms with E-state index >= 15 is 0 Å². The minimum absolute atomic E-state index is 0. The maximum Gasteiger partial charge on any atom is 0.303 e. The smallest absolute Gasteiger partial charge is 0.303 e. The Morgan fingerprint density at radius 1 is 0.800 bits per heavy atom. The molecule has 0 fully saturated rings. The van der Waals surface area contributed by atoms with Crippen LogP contribution in [0.1, 0.15) is 72.1 Å². The van der Waals surface area contributed by atoms with Crippen molar-refractivity contribution < 1.29 is 22.3 Å². The Labute approximate surface area is 132 Å². The number of rotatable bonds is 13. The number of aliphatic carboxylic acids is 1. The standard InChI is InChI=1S/C16H33O2P.ClH/c1-4-7-12-19(13-8-5-2,14-9-6-3)15-10-11-16(17)18;/h4-15H2,1-3H3;1H. The number of hydrogen-bond donors (Lipinski definition) is 1. The average molecular weight is 325 g/mol. The number of hydrogen-bond acceptors (Lipinski definition) is 1. The third kappa shape index (κ3) is 10.9. The highest BCUT2D eigenvalue weighted by Gasteiger charge is 2.34. The van der Waals surface area contributed by atoms with E-state index in [1.165, 1.54) is 63.2 Å². The molecule has 1 N–H and O–H groups in total. The first-order valence-corrected chi connectivity index (χ1v) is 10.7.